The molecule has 0 aromatic rings. The van der Waals surface area contributed by atoms with Gasteiger partial charge in [0.2, 0.25) is 0 Å². The summed E-state index contributed by atoms with van der Waals surface area (Å²) in [5.74, 6) is 0. The van der Waals surface area contributed by atoms with Crippen LogP contribution in [0.2, 0.25) is 0 Å². The molecule has 0 amide bonds. The zero-order valence-corrected chi connectivity index (χ0v) is 26.2. The number of hydrogen-bond donors (Lipinski definition) is 0. The Hall–Kier alpha value is -3.02. The molecule has 0 saturated carbocycles. The Labute approximate surface area is 233 Å². The molecule has 0 nitrogen and oxygen atoms in total. The molecule has 0 aliphatic heterocycles. The van der Waals surface area contributed by atoms with E-state index < -0.39 is 0 Å². The minimum Gasteiger partial charge on any atom is -0.216 e. The first kappa shape index (κ1) is 64.7. The summed E-state index contributed by atoms with van der Waals surface area (Å²) in [6.07, 6.45) is 12.2. The fourth-order valence-electron chi connectivity index (χ4n) is 0. The SMILES string of the molecule is C/C=C\F.C/C=C\F.C/C=C\F.C=C(C)C.C=CC.C=CC.C=CC.C=CF.CC(C)=CF.CC(C)=CF. The van der Waals surface area contributed by atoms with Gasteiger partial charge in [-0.3, -0.25) is 0 Å². The Morgan fingerprint density at radius 3 is 0.500 bits per heavy atom. The summed E-state index contributed by atoms with van der Waals surface area (Å²) >= 11 is 0. The molecule has 0 fully saturated rings. The van der Waals surface area contributed by atoms with Crippen LogP contribution in [0.15, 0.2) is 124 Å². The summed E-state index contributed by atoms with van der Waals surface area (Å²) in [6, 6.07) is 0. The number of rotatable bonds is 0. The monoisotopic (exact) mass is 556 g/mol. The van der Waals surface area contributed by atoms with Crippen LogP contribution in [0.25, 0.3) is 0 Å². The normalized spacial score (nSPS) is 6.89. The lowest BCUT2D eigenvalue weighted by atomic mass is 10.4. The van der Waals surface area contributed by atoms with E-state index in [-0.39, 0.29) is 6.33 Å². The highest BCUT2D eigenvalue weighted by Gasteiger charge is 1.64. The second-order valence-electron chi connectivity index (χ2n) is 6.34. The third-order valence-corrected chi connectivity index (χ3v) is 0.814. The summed E-state index contributed by atoms with van der Waals surface area (Å²) in [5.41, 5.74) is 2.59. The zero-order chi connectivity index (χ0) is 33.2. The van der Waals surface area contributed by atoms with E-state index in [1.165, 1.54) is 23.8 Å². The van der Waals surface area contributed by atoms with Gasteiger partial charge in [-0.05, 0) is 94.2 Å². The van der Waals surface area contributed by atoms with Crippen LogP contribution in [0.4, 0.5) is 26.3 Å². The van der Waals surface area contributed by atoms with Gasteiger partial charge in [0.15, 0.2) is 0 Å². The molecule has 228 valence electrons. The third kappa shape index (κ3) is 2130. The van der Waals surface area contributed by atoms with Gasteiger partial charge in [0.25, 0.3) is 0 Å². The Bertz CT molecular complexity index is 450. The molecule has 0 bridgehead atoms. The van der Waals surface area contributed by atoms with E-state index in [2.05, 4.69) is 32.9 Å². The van der Waals surface area contributed by atoms with E-state index in [1.807, 2.05) is 34.6 Å². The van der Waals surface area contributed by atoms with Gasteiger partial charge in [0.05, 0.1) is 38.0 Å². The van der Waals surface area contributed by atoms with Gasteiger partial charge in [-0.15, -0.1) is 26.3 Å². The number of allylic oxidation sites excluding steroid dienone is 9. The molecular formula is C32H58F6. The average Bonchev–Trinajstić information content (AvgIpc) is 2.86. The topological polar surface area (TPSA) is 0 Å². The highest BCUT2D eigenvalue weighted by atomic mass is 19.1. The van der Waals surface area contributed by atoms with E-state index in [1.54, 1.807) is 66.7 Å². The Morgan fingerprint density at radius 1 is 0.447 bits per heavy atom. The molecule has 0 saturated heterocycles. The van der Waals surface area contributed by atoms with Crippen molar-refractivity contribution in [3.63, 3.8) is 0 Å². The predicted molar refractivity (Wildman–Crippen MR) is 168 cm³/mol. The molecule has 0 spiro atoms. The third-order valence-electron chi connectivity index (χ3n) is 0.814. The highest BCUT2D eigenvalue weighted by molar-refractivity contribution is 4.85. The van der Waals surface area contributed by atoms with Gasteiger partial charge < -0.3 is 0 Å². The van der Waals surface area contributed by atoms with Gasteiger partial charge in [-0.25, -0.2) is 26.3 Å². The Morgan fingerprint density at radius 2 is 0.500 bits per heavy atom. The molecule has 0 rings (SSSR count). The maximum atomic E-state index is 11.0. The van der Waals surface area contributed by atoms with Crippen LogP contribution in [-0.4, -0.2) is 0 Å². The van der Waals surface area contributed by atoms with E-state index in [0.29, 0.717) is 42.8 Å². The summed E-state index contributed by atoms with van der Waals surface area (Å²) in [7, 11) is 0. The summed E-state index contributed by atoms with van der Waals surface area (Å²) in [5, 5.41) is 0. The molecule has 0 aromatic carbocycles. The van der Waals surface area contributed by atoms with Crippen molar-refractivity contribution in [3.05, 3.63) is 124 Å². The van der Waals surface area contributed by atoms with Crippen molar-refractivity contribution >= 4 is 0 Å². The van der Waals surface area contributed by atoms with Gasteiger partial charge in [0, 0.05) is 0 Å². The van der Waals surface area contributed by atoms with Crippen molar-refractivity contribution < 1.29 is 26.3 Å². The maximum Gasteiger partial charge on any atom is 0.0853 e. The molecular weight excluding hydrogens is 498 g/mol. The second-order valence-corrected chi connectivity index (χ2v) is 6.34. The summed E-state index contributed by atoms with van der Waals surface area (Å²) in [6.45, 7) is 37.7. The summed E-state index contributed by atoms with van der Waals surface area (Å²) in [4.78, 5) is 0. The molecule has 0 aliphatic carbocycles. The minimum absolute atomic E-state index is 0.250. The van der Waals surface area contributed by atoms with Crippen molar-refractivity contribution in [1.29, 1.82) is 0 Å². The Balaban J connectivity index is -0.0000000288. The largest absolute Gasteiger partial charge is 0.216 e. The van der Waals surface area contributed by atoms with E-state index in [0.717, 1.165) is 0 Å². The van der Waals surface area contributed by atoms with Crippen molar-refractivity contribution in [1.82, 2.24) is 0 Å². The van der Waals surface area contributed by atoms with Crippen LogP contribution in [-0.2, 0) is 0 Å². The fourth-order valence-corrected chi connectivity index (χ4v) is 0. The maximum absolute atomic E-state index is 11.0. The van der Waals surface area contributed by atoms with Gasteiger partial charge in [0.1, 0.15) is 0 Å². The van der Waals surface area contributed by atoms with Gasteiger partial charge in [-0.1, -0.05) is 48.6 Å². The molecule has 0 N–H and O–H groups in total. The van der Waals surface area contributed by atoms with Crippen LogP contribution in [0, 0.1) is 0 Å². The molecule has 6 heteroatoms. The molecule has 0 atom stereocenters. The van der Waals surface area contributed by atoms with Crippen molar-refractivity contribution in [2.75, 3.05) is 0 Å². The van der Waals surface area contributed by atoms with Crippen molar-refractivity contribution in [2.45, 2.75) is 83.1 Å². The molecule has 0 aromatic heterocycles. The van der Waals surface area contributed by atoms with Gasteiger partial charge >= 0.3 is 0 Å². The fraction of sp³-hybridized carbons (Fsp3) is 0.375. The molecule has 38 heavy (non-hydrogen) atoms. The molecule has 0 unspecified atom stereocenters. The first-order valence-corrected chi connectivity index (χ1v) is 11.3. The van der Waals surface area contributed by atoms with Crippen molar-refractivity contribution in [2.24, 2.45) is 0 Å². The van der Waals surface area contributed by atoms with Crippen LogP contribution >= 0.6 is 0 Å². The Kier molecular flexibility index (Phi) is 195. The lowest BCUT2D eigenvalue weighted by Crippen LogP contribution is -1.50. The summed E-state index contributed by atoms with van der Waals surface area (Å²) < 4.78 is 63.6. The van der Waals surface area contributed by atoms with Crippen molar-refractivity contribution in [3.8, 4) is 0 Å². The molecule has 0 heterocycles. The van der Waals surface area contributed by atoms with Crippen LogP contribution in [0.3, 0.4) is 0 Å². The number of halogens is 6. The van der Waals surface area contributed by atoms with E-state index >= 15 is 0 Å². The molecule has 0 aliphatic rings. The quantitative estimate of drug-likeness (QED) is 0.206. The minimum atomic E-state index is 0.250. The highest BCUT2D eigenvalue weighted by Crippen LogP contribution is 1.85. The standard InChI is InChI=1S/2C4H7F.C4H8.3C3H5F.3C3H6.C2H3F/c2*1-4(2)3-5;1-4(2)3;3*1-2-3-4;3*1-3-2;1-2-3/h2*3H,1-2H3;1H2,2-3H3;3*2-3H,1H3;3*3H,1H2,2H3;2H,1H2/b;;;3*3-2-;;;;. The molecule has 0 radical (unpaired) electrons. The predicted octanol–water partition coefficient (Wildman–Crippen LogP) is 14.5. The van der Waals surface area contributed by atoms with Crippen LogP contribution in [0.1, 0.15) is 83.1 Å². The lowest BCUT2D eigenvalue weighted by molar-refractivity contribution is 0.709. The van der Waals surface area contributed by atoms with Crippen LogP contribution in [0.5, 0.6) is 0 Å². The smallest absolute Gasteiger partial charge is 0.0853 e. The van der Waals surface area contributed by atoms with Gasteiger partial charge in [-0.2, -0.15) is 0 Å². The lowest BCUT2D eigenvalue weighted by Gasteiger charge is -1.70. The zero-order valence-electron chi connectivity index (χ0n) is 26.2. The van der Waals surface area contributed by atoms with E-state index in [4.69, 9.17) is 0 Å². The van der Waals surface area contributed by atoms with E-state index in [9.17, 15) is 26.3 Å². The number of hydrogen-bond acceptors (Lipinski definition) is 0. The second kappa shape index (κ2) is 114. The first-order valence-electron chi connectivity index (χ1n) is 11.3. The average molecular weight is 557 g/mol. The van der Waals surface area contributed by atoms with Crippen LogP contribution < -0.4 is 0 Å². The first-order chi connectivity index (χ1) is 17.7.